The van der Waals surface area contributed by atoms with Crippen LogP contribution in [0.1, 0.15) is 21.5 Å². The molecule has 4 nitrogen and oxygen atoms in total. The molecule has 0 aliphatic carbocycles. The predicted octanol–water partition coefficient (Wildman–Crippen LogP) is 4.73. The molecule has 1 N–H and O–H groups in total. The lowest BCUT2D eigenvalue weighted by molar-refractivity contribution is -0.137. The van der Waals surface area contributed by atoms with E-state index >= 15 is 0 Å². The monoisotopic (exact) mass is 356 g/mol. The van der Waals surface area contributed by atoms with Gasteiger partial charge < -0.3 is 9.67 Å². The van der Waals surface area contributed by atoms with Crippen LogP contribution in [0.25, 0.3) is 16.8 Å². The highest BCUT2D eigenvalue weighted by atomic mass is 19.4. The summed E-state index contributed by atoms with van der Waals surface area (Å²) in [6.45, 7) is 0. The Bertz CT molecular complexity index is 995. The minimum atomic E-state index is -4.42. The first kappa shape index (κ1) is 17.3. The van der Waals surface area contributed by atoms with Crippen LogP contribution in [-0.2, 0) is 6.18 Å². The Balaban J connectivity index is 1.99. The number of alkyl halides is 3. The van der Waals surface area contributed by atoms with E-state index in [1.54, 1.807) is 29.1 Å². The number of rotatable bonds is 3. The summed E-state index contributed by atoms with van der Waals surface area (Å²) in [7, 11) is 0. The van der Waals surface area contributed by atoms with Gasteiger partial charge in [0.25, 0.3) is 0 Å². The summed E-state index contributed by atoms with van der Waals surface area (Å²) in [5, 5.41) is 18.3. The maximum atomic E-state index is 12.7. The average Bonchev–Trinajstić information content (AvgIpc) is 3.05. The van der Waals surface area contributed by atoms with E-state index < -0.39 is 17.7 Å². The van der Waals surface area contributed by atoms with E-state index in [4.69, 9.17) is 5.11 Å². The van der Waals surface area contributed by atoms with Crippen LogP contribution in [0, 0.1) is 11.3 Å². The lowest BCUT2D eigenvalue weighted by atomic mass is 10.0. The van der Waals surface area contributed by atoms with Crippen molar-refractivity contribution in [3.63, 3.8) is 0 Å². The molecule has 0 saturated heterocycles. The van der Waals surface area contributed by atoms with Crippen molar-refractivity contribution in [1.82, 2.24) is 4.57 Å². The summed E-state index contributed by atoms with van der Waals surface area (Å²) in [6.07, 6.45) is -1.26. The number of carbonyl (C=O) groups is 1. The molecule has 130 valence electrons. The normalized spacial score (nSPS) is 11.2. The Hall–Kier alpha value is -3.53. The van der Waals surface area contributed by atoms with Crippen molar-refractivity contribution < 1.29 is 23.1 Å². The predicted molar refractivity (Wildman–Crippen MR) is 87.9 cm³/mol. The number of hydrogen-bond acceptors (Lipinski definition) is 2. The molecule has 1 aromatic heterocycles. The molecule has 0 atom stereocenters. The smallest absolute Gasteiger partial charge is 0.416 e. The Morgan fingerprint density at radius 2 is 1.62 bits per heavy atom. The molecular formula is C19H11F3N2O2. The topological polar surface area (TPSA) is 66.0 Å². The van der Waals surface area contributed by atoms with E-state index in [9.17, 15) is 23.2 Å². The van der Waals surface area contributed by atoms with Gasteiger partial charge in [0.2, 0.25) is 0 Å². The van der Waals surface area contributed by atoms with Crippen LogP contribution in [0.4, 0.5) is 13.2 Å². The maximum Gasteiger partial charge on any atom is 0.416 e. The second kappa shape index (κ2) is 6.41. The number of nitrogens with zero attached hydrogens (tertiary/aromatic N) is 2. The molecule has 3 rings (SSSR count). The van der Waals surface area contributed by atoms with Gasteiger partial charge in [0.05, 0.1) is 16.7 Å². The van der Waals surface area contributed by atoms with Crippen LogP contribution in [-0.4, -0.2) is 15.6 Å². The molecule has 0 aliphatic heterocycles. The molecule has 0 spiro atoms. The largest absolute Gasteiger partial charge is 0.478 e. The van der Waals surface area contributed by atoms with E-state index in [1.165, 1.54) is 24.3 Å². The Kier molecular flexibility index (Phi) is 4.26. The second-order valence-electron chi connectivity index (χ2n) is 5.53. The summed E-state index contributed by atoms with van der Waals surface area (Å²) in [6, 6.07) is 12.6. The highest BCUT2D eigenvalue weighted by Crippen LogP contribution is 2.32. The lowest BCUT2D eigenvalue weighted by Crippen LogP contribution is -2.03. The molecule has 2 aromatic carbocycles. The number of carboxylic acid groups (broad SMARTS) is 1. The first-order chi connectivity index (χ1) is 12.3. The fourth-order valence-corrected chi connectivity index (χ4v) is 2.54. The fourth-order valence-electron chi connectivity index (χ4n) is 2.54. The highest BCUT2D eigenvalue weighted by Gasteiger charge is 2.30. The van der Waals surface area contributed by atoms with Crippen molar-refractivity contribution in [2.45, 2.75) is 6.18 Å². The molecule has 0 aliphatic rings. The van der Waals surface area contributed by atoms with E-state index in [0.717, 1.165) is 12.1 Å². The number of halogens is 3. The van der Waals surface area contributed by atoms with Crippen molar-refractivity contribution in [3.8, 4) is 22.9 Å². The molecule has 1 heterocycles. The summed E-state index contributed by atoms with van der Waals surface area (Å²) in [5.74, 6) is -1.05. The van der Waals surface area contributed by atoms with Gasteiger partial charge >= 0.3 is 12.1 Å². The van der Waals surface area contributed by atoms with Crippen molar-refractivity contribution in [3.05, 3.63) is 77.6 Å². The van der Waals surface area contributed by atoms with Crippen molar-refractivity contribution in [1.29, 1.82) is 5.26 Å². The summed E-state index contributed by atoms with van der Waals surface area (Å²) in [4.78, 5) is 10.9. The van der Waals surface area contributed by atoms with Gasteiger partial charge in [-0.05, 0) is 42.0 Å². The van der Waals surface area contributed by atoms with Gasteiger partial charge in [-0.25, -0.2) is 4.79 Å². The van der Waals surface area contributed by atoms with E-state index in [0.29, 0.717) is 22.4 Å². The highest BCUT2D eigenvalue weighted by molar-refractivity contribution is 5.87. The Morgan fingerprint density at radius 3 is 2.12 bits per heavy atom. The molecule has 0 bridgehead atoms. The van der Waals surface area contributed by atoms with Gasteiger partial charge in [0.1, 0.15) is 6.07 Å². The van der Waals surface area contributed by atoms with Crippen molar-refractivity contribution >= 4 is 5.97 Å². The maximum absolute atomic E-state index is 12.7. The molecule has 0 unspecified atom stereocenters. The van der Waals surface area contributed by atoms with E-state index in [2.05, 4.69) is 0 Å². The number of benzene rings is 2. The van der Waals surface area contributed by atoms with Crippen LogP contribution in [0.2, 0.25) is 0 Å². The van der Waals surface area contributed by atoms with Crippen LogP contribution in [0.5, 0.6) is 0 Å². The number of aromatic nitrogens is 1. The van der Waals surface area contributed by atoms with Gasteiger partial charge in [-0.15, -0.1) is 0 Å². The zero-order valence-electron chi connectivity index (χ0n) is 13.2. The molecular weight excluding hydrogens is 345 g/mol. The lowest BCUT2D eigenvalue weighted by Gasteiger charge is -2.07. The zero-order valence-corrected chi connectivity index (χ0v) is 13.2. The minimum Gasteiger partial charge on any atom is -0.478 e. The summed E-state index contributed by atoms with van der Waals surface area (Å²) >= 11 is 0. The molecule has 0 amide bonds. The quantitative estimate of drug-likeness (QED) is 0.738. The standard InChI is InChI=1S/C19H11F3N2O2/c20-19(21,22)15-5-1-12(2-6-15)17-11-24(10-14(17)9-23)16-7-3-13(4-8-16)18(25)26/h1-8,10-11H,(H,25,26). The van der Waals surface area contributed by atoms with Gasteiger partial charge in [-0.2, -0.15) is 18.4 Å². The number of hydrogen-bond donors (Lipinski definition) is 1. The summed E-state index contributed by atoms with van der Waals surface area (Å²) in [5.41, 5.74) is 1.27. The average molecular weight is 356 g/mol. The molecule has 26 heavy (non-hydrogen) atoms. The molecule has 0 radical (unpaired) electrons. The van der Waals surface area contributed by atoms with Crippen molar-refractivity contribution in [2.24, 2.45) is 0 Å². The van der Waals surface area contributed by atoms with Gasteiger partial charge in [-0.3, -0.25) is 0 Å². The third-order valence-electron chi connectivity index (χ3n) is 3.88. The number of aromatic carboxylic acids is 1. The van der Waals surface area contributed by atoms with Crippen molar-refractivity contribution in [2.75, 3.05) is 0 Å². The molecule has 0 fully saturated rings. The molecule has 3 aromatic rings. The third kappa shape index (κ3) is 3.30. The fraction of sp³-hybridized carbons (Fsp3) is 0.0526. The molecule has 0 saturated carbocycles. The zero-order chi connectivity index (χ0) is 18.9. The second-order valence-corrected chi connectivity index (χ2v) is 5.53. The number of nitriles is 1. The Labute approximate surface area is 146 Å². The first-order valence-electron chi connectivity index (χ1n) is 7.43. The third-order valence-corrected chi connectivity index (χ3v) is 3.88. The Morgan fingerprint density at radius 1 is 1.00 bits per heavy atom. The van der Waals surface area contributed by atoms with E-state index in [-0.39, 0.29) is 5.56 Å². The number of carboxylic acids is 1. The van der Waals surface area contributed by atoms with E-state index in [1.807, 2.05) is 6.07 Å². The van der Waals surface area contributed by atoms with Crippen LogP contribution in [0.15, 0.2) is 60.9 Å². The van der Waals surface area contributed by atoms with Crippen LogP contribution < -0.4 is 0 Å². The van der Waals surface area contributed by atoms with Crippen LogP contribution in [0.3, 0.4) is 0 Å². The van der Waals surface area contributed by atoms with Gasteiger partial charge in [0, 0.05) is 23.6 Å². The van der Waals surface area contributed by atoms with Crippen LogP contribution >= 0.6 is 0 Å². The SMILES string of the molecule is N#Cc1cn(-c2ccc(C(=O)O)cc2)cc1-c1ccc(C(F)(F)F)cc1. The first-order valence-corrected chi connectivity index (χ1v) is 7.43. The summed E-state index contributed by atoms with van der Waals surface area (Å²) < 4.78 is 39.7. The molecule has 7 heteroatoms. The van der Waals surface area contributed by atoms with Gasteiger partial charge in [-0.1, -0.05) is 12.1 Å². The van der Waals surface area contributed by atoms with Gasteiger partial charge in [0.15, 0.2) is 0 Å². The minimum absolute atomic E-state index is 0.129.